The lowest BCUT2D eigenvalue weighted by atomic mass is 9.96. The summed E-state index contributed by atoms with van der Waals surface area (Å²) in [7, 11) is 1.58. The third-order valence-corrected chi connectivity index (χ3v) is 7.12. The van der Waals surface area contributed by atoms with E-state index in [1.807, 2.05) is 30.3 Å². The number of nitrogens with one attached hydrogen (secondary N) is 2. The highest BCUT2D eigenvalue weighted by molar-refractivity contribution is 6.02. The van der Waals surface area contributed by atoms with Crippen molar-refractivity contribution < 1.29 is 34.0 Å². The van der Waals surface area contributed by atoms with Crippen LogP contribution in [-0.4, -0.2) is 94.0 Å². The van der Waals surface area contributed by atoms with E-state index in [-0.39, 0.29) is 25.6 Å². The smallest absolute Gasteiger partial charge is 0.291 e. The lowest BCUT2D eigenvalue weighted by Gasteiger charge is -2.20. The van der Waals surface area contributed by atoms with Gasteiger partial charge in [-0.25, -0.2) is 4.98 Å². The third kappa shape index (κ3) is 4.91. The summed E-state index contributed by atoms with van der Waals surface area (Å²) in [6, 6.07) is 13.7. The molecular formula is C28H27N5O7. The fourth-order valence-electron chi connectivity index (χ4n) is 4.96. The van der Waals surface area contributed by atoms with Crippen molar-refractivity contribution >= 4 is 17.5 Å². The molecule has 12 nitrogen and oxygen atoms in total. The first kappa shape index (κ1) is 26.0. The number of aliphatic hydroxyl groups excluding tert-OH is 1. The Morgan fingerprint density at radius 2 is 2.05 bits per heavy atom. The number of anilines is 1. The maximum absolute atomic E-state index is 13.3. The molecule has 206 valence electrons. The zero-order valence-corrected chi connectivity index (χ0v) is 21.5. The summed E-state index contributed by atoms with van der Waals surface area (Å²) >= 11 is 0. The van der Waals surface area contributed by atoms with Crippen LogP contribution in [0.4, 0.5) is 5.69 Å². The van der Waals surface area contributed by atoms with Crippen LogP contribution in [0.1, 0.15) is 27.6 Å². The number of fused-ring (bicyclic) bond motifs is 2. The molecule has 0 spiro atoms. The summed E-state index contributed by atoms with van der Waals surface area (Å²) in [6.07, 6.45) is -1.69. The van der Waals surface area contributed by atoms with Crippen molar-refractivity contribution in [3.8, 4) is 17.6 Å². The summed E-state index contributed by atoms with van der Waals surface area (Å²) in [5, 5.41) is 30.3. The number of carbonyl (C=O) groups excluding carboxylic acids is 2. The molecule has 3 aliphatic heterocycles. The van der Waals surface area contributed by atoms with Gasteiger partial charge in [0.25, 0.3) is 11.8 Å². The predicted molar refractivity (Wildman–Crippen MR) is 140 cm³/mol. The summed E-state index contributed by atoms with van der Waals surface area (Å²) in [6.45, 7) is -0.0992. The summed E-state index contributed by atoms with van der Waals surface area (Å²) in [5.74, 6) is 5.62. The van der Waals surface area contributed by atoms with E-state index in [4.69, 9.17) is 14.2 Å². The van der Waals surface area contributed by atoms with E-state index in [1.165, 1.54) is 4.90 Å². The van der Waals surface area contributed by atoms with Crippen LogP contribution < -0.4 is 15.0 Å². The molecule has 0 radical (unpaired) electrons. The third-order valence-electron chi connectivity index (χ3n) is 7.12. The molecule has 2 amide bonds. The van der Waals surface area contributed by atoms with E-state index in [9.17, 15) is 19.8 Å². The van der Waals surface area contributed by atoms with Crippen molar-refractivity contribution in [1.82, 2.24) is 20.5 Å². The first-order chi connectivity index (χ1) is 19.3. The van der Waals surface area contributed by atoms with Crippen LogP contribution in [0.3, 0.4) is 0 Å². The standard InChI is InChI=1S/C28H27N5O7/c1-33-19-11-17(9-10-28(37)15-40-23-20(34)14-39-24(23)28)7-8-21(19)38-13-18(27(33)36)29-26(35)25-30-22(31-32-25)12-16-5-3-2-4-6-16/h2-8,11,18,20,23-24,34,37H,12-15H2,1H3,(H,29,35)(H,30,31,32)/t18-,20+,23-,24+,28-/m1/s1. The molecule has 0 aliphatic carbocycles. The largest absolute Gasteiger partial charge is 0.489 e. The van der Waals surface area contributed by atoms with Crippen molar-refractivity contribution in [3.63, 3.8) is 0 Å². The molecule has 4 N–H and O–H groups in total. The molecular weight excluding hydrogens is 518 g/mol. The van der Waals surface area contributed by atoms with Gasteiger partial charge in [0, 0.05) is 19.0 Å². The minimum absolute atomic E-state index is 0.0736. The van der Waals surface area contributed by atoms with Crippen molar-refractivity contribution in [2.75, 3.05) is 31.8 Å². The Bertz CT molecular complexity index is 1500. The molecule has 1 aromatic heterocycles. The van der Waals surface area contributed by atoms with Gasteiger partial charge in [-0.3, -0.25) is 14.7 Å². The summed E-state index contributed by atoms with van der Waals surface area (Å²) < 4.78 is 16.8. The van der Waals surface area contributed by atoms with E-state index < -0.39 is 41.8 Å². The highest BCUT2D eigenvalue weighted by atomic mass is 16.6. The SMILES string of the molecule is CN1C(=O)[C@H](NC(=O)c2n[nH]c(Cc3ccccc3)n2)COc2ccc(C#C[C@@]3(O)CO[C@@H]4[C@@H](O)CO[C@@H]43)cc21. The average molecular weight is 546 g/mol. The molecule has 3 aliphatic rings. The molecule has 40 heavy (non-hydrogen) atoms. The summed E-state index contributed by atoms with van der Waals surface area (Å²) in [5.41, 5.74) is 0.425. The number of hydrogen-bond acceptors (Lipinski definition) is 9. The number of aromatic amines is 1. The zero-order chi connectivity index (χ0) is 27.9. The van der Waals surface area contributed by atoms with E-state index in [0.29, 0.717) is 29.2 Å². The van der Waals surface area contributed by atoms with Crippen LogP contribution in [0.25, 0.3) is 0 Å². The average Bonchev–Trinajstić information content (AvgIpc) is 3.66. The second kappa shape index (κ2) is 10.4. The Labute approximate surface area is 229 Å². The number of amides is 2. The fraction of sp³-hybridized carbons (Fsp3) is 0.357. The molecule has 2 aromatic carbocycles. The molecule has 2 fully saturated rings. The predicted octanol–water partition coefficient (Wildman–Crippen LogP) is -0.210. The Kier molecular flexibility index (Phi) is 6.73. The van der Waals surface area contributed by atoms with Crippen LogP contribution in [0.2, 0.25) is 0 Å². The Balaban J connectivity index is 1.14. The molecule has 0 bridgehead atoms. The lowest BCUT2D eigenvalue weighted by Crippen LogP contribution is -2.49. The number of benzene rings is 2. The van der Waals surface area contributed by atoms with Crippen LogP contribution in [0.15, 0.2) is 48.5 Å². The number of nitrogens with zero attached hydrogens (tertiary/aromatic N) is 3. The van der Waals surface area contributed by atoms with Gasteiger partial charge in [0.1, 0.15) is 42.5 Å². The molecule has 4 heterocycles. The van der Waals surface area contributed by atoms with Crippen LogP contribution in [0, 0.1) is 11.8 Å². The second-order valence-corrected chi connectivity index (χ2v) is 9.96. The lowest BCUT2D eigenvalue weighted by molar-refractivity contribution is -0.120. The van der Waals surface area contributed by atoms with Crippen molar-refractivity contribution in [1.29, 1.82) is 0 Å². The number of carbonyl (C=O) groups is 2. The summed E-state index contributed by atoms with van der Waals surface area (Å²) in [4.78, 5) is 31.8. The maximum atomic E-state index is 13.3. The number of rotatable bonds is 4. The number of likely N-dealkylation sites (N-methyl/N-ethyl adjacent to an activating group) is 1. The van der Waals surface area contributed by atoms with Gasteiger partial charge >= 0.3 is 0 Å². The number of aliphatic hydroxyl groups is 2. The van der Waals surface area contributed by atoms with E-state index in [1.54, 1.807) is 25.2 Å². The van der Waals surface area contributed by atoms with Gasteiger partial charge in [-0.1, -0.05) is 42.2 Å². The molecule has 0 saturated carbocycles. The van der Waals surface area contributed by atoms with E-state index in [2.05, 4.69) is 32.3 Å². The molecule has 12 heteroatoms. The van der Waals surface area contributed by atoms with Gasteiger partial charge < -0.3 is 34.6 Å². The number of hydrogen-bond donors (Lipinski definition) is 4. The fourth-order valence-corrected chi connectivity index (χ4v) is 4.96. The first-order valence-electron chi connectivity index (χ1n) is 12.8. The van der Waals surface area contributed by atoms with Gasteiger partial charge in [-0.05, 0) is 23.8 Å². The minimum Gasteiger partial charge on any atom is -0.489 e. The van der Waals surface area contributed by atoms with Crippen LogP contribution >= 0.6 is 0 Å². The second-order valence-electron chi connectivity index (χ2n) is 9.96. The van der Waals surface area contributed by atoms with Crippen molar-refractivity contribution in [2.45, 2.75) is 36.4 Å². The van der Waals surface area contributed by atoms with Crippen LogP contribution in [0.5, 0.6) is 5.75 Å². The molecule has 6 rings (SSSR count). The van der Waals surface area contributed by atoms with E-state index in [0.717, 1.165) is 5.56 Å². The highest BCUT2D eigenvalue weighted by Gasteiger charge is 2.55. The number of aromatic nitrogens is 3. The normalized spacial score (nSPS) is 27.2. The van der Waals surface area contributed by atoms with Crippen molar-refractivity contribution in [2.24, 2.45) is 0 Å². The van der Waals surface area contributed by atoms with Gasteiger partial charge in [0.15, 0.2) is 5.60 Å². The first-order valence-corrected chi connectivity index (χ1v) is 12.8. The van der Waals surface area contributed by atoms with Gasteiger partial charge in [0.05, 0.1) is 18.9 Å². The topological polar surface area (TPSA) is 159 Å². The van der Waals surface area contributed by atoms with Gasteiger partial charge in [0.2, 0.25) is 5.82 Å². The molecule has 3 aromatic rings. The number of ether oxygens (including phenoxy) is 3. The Morgan fingerprint density at radius 1 is 1.23 bits per heavy atom. The van der Waals surface area contributed by atoms with Crippen molar-refractivity contribution in [3.05, 3.63) is 71.3 Å². The highest BCUT2D eigenvalue weighted by Crippen LogP contribution is 2.35. The molecule has 5 atom stereocenters. The monoisotopic (exact) mass is 545 g/mol. The quantitative estimate of drug-likeness (QED) is 0.326. The van der Waals surface area contributed by atoms with E-state index >= 15 is 0 Å². The maximum Gasteiger partial charge on any atom is 0.291 e. The zero-order valence-electron chi connectivity index (χ0n) is 21.5. The molecule has 2 saturated heterocycles. The van der Waals surface area contributed by atoms with Gasteiger partial charge in [-0.15, -0.1) is 5.10 Å². The molecule has 0 unspecified atom stereocenters. The van der Waals surface area contributed by atoms with Gasteiger partial charge in [-0.2, -0.15) is 0 Å². The minimum atomic E-state index is -1.57. The Hall–Kier alpha value is -4.28. The Morgan fingerprint density at radius 3 is 2.88 bits per heavy atom. The number of H-pyrrole nitrogens is 1. The van der Waals surface area contributed by atoms with Crippen LogP contribution in [-0.2, 0) is 20.7 Å².